The van der Waals surface area contributed by atoms with Gasteiger partial charge in [-0.15, -0.1) is 0 Å². The molecule has 1 fully saturated rings. The number of rotatable bonds is 8. The van der Waals surface area contributed by atoms with E-state index in [1.165, 1.54) is 17.0 Å². The molecule has 2 aromatic heterocycles. The van der Waals surface area contributed by atoms with Gasteiger partial charge in [-0.3, -0.25) is 4.98 Å². The predicted molar refractivity (Wildman–Crippen MR) is 136 cm³/mol. The van der Waals surface area contributed by atoms with Crippen molar-refractivity contribution in [2.45, 2.75) is 52.2 Å². The summed E-state index contributed by atoms with van der Waals surface area (Å²) in [6.45, 7) is 10.7. The van der Waals surface area contributed by atoms with Gasteiger partial charge in [-0.1, -0.05) is 24.3 Å². The molecule has 0 saturated carbocycles. The lowest BCUT2D eigenvalue weighted by Crippen LogP contribution is -2.31. The van der Waals surface area contributed by atoms with E-state index in [1.807, 2.05) is 24.4 Å². The molecule has 168 valence electrons. The molecule has 1 aliphatic heterocycles. The first-order valence-corrected chi connectivity index (χ1v) is 11.8. The maximum Gasteiger partial charge on any atom is 0.170 e. The van der Waals surface area contributed by atoms with Crippen molar-refractivity contribution in [1.82, 2.24) is 19.8 Å². The van der Waals surface area contributed by atoms with Crippen LogP contribution in [0, 0.1) is 13.8 Å². The molecule has 2 N–H and O–H groups in total. The Bertz CT molecular complexity index is 1040. The standard InChI is InChI=1S/C26H33N5S/c1-18(2)31-19(3)17-22(20(31)4)25-24(23-13-8-9-14-28-23)29-26(32)30(25)16-10-15-27-21-11-6-5-7-12-21/h5-9,11-14,17-18,24-25,27H,10,15-16H2,1-4H3,(H,29,32)/t24-,25+/m1/s1. The van der Waals surface area contributed by atoms with Crippen LogP contribution in [0.3, 0.4) is 0 Å². The minimum absolute atomic E-state index is 0.0342. The summed E-state index contributed by atoms with van der Waals surface area (Å²) in [6, 6.07) is 19.4. The molecule has 1 aliphatic rings. The van der Waals surface area contributed by atoms with Crippen molar-refractivity contribution < 1.29 is 0 Å². The summed E-state index contributed by atoms with van der Waals surface area (Å²) < 4.78 is 2.42. The second-order valence-corrected chi connectivity index (χ2v) is 9.14. The van der Waals surface area contributed by atoms with E-state index in [1.54, 1.807) is 0 Å². The van der Waals surface area contributed by atoms with Gasteiger partial charge in [0, 0.05) is 42.4 Å². The molecule has 3 heterocycles. The first-order chi connectivity index (χ1) is 15.5. The van der Waals surface area contributed by atoms with Crippen molar-refractivity contribution in [3.05, 3.63) is 83.4 Å². The molecule has 0 spiro atoms. The van der Waals surface area contributed by atoms with Gasteiger partial charge >= 0.3 is 0 Å². The summed E-state index contributed by atoms with van der Waals surface area (Å²) in [6.07, 6.45) is 2.85. The summed E-state index contributed by atoms with van der Waals surface area (Å²) in [5.41, 5.74) is 6.10. The van der Waals surface area contributed by atoms with E-state index in [0.717, 1.165) is 36.0 Å². The summed E-state index contributed by atoms with van der Waals surface area (Å²) in [5, 5.41) is 7.90. The number of pyridine rings is 1. The second-order valence-electron chi connectivity index (χ2n) is 8.76. The molecule has 0 radical (unpaired) electrons. The van der Waals surface area contributed by atoms with E-state index in [9.17, 15) is 0 Å². The minimum Gasteiger partial charge on any atom is -0.385 e. The average Bonchev–Trinajstić information content (AvgIpc) is 3.27. The van der Waals surface area contributed by atoms with E-state index < -0.39 is 0 Å². The van der Waals surface area contributed by atoms with E-state index in [-0.39, 0.29) is 12.1 Å². The van der Waals surface area contributed by atoms with Gasteiger partial charge < -0.3 is 20.1 Å². The molecule has 1 saturated heterocycles. The Morgan fingerprint density at radius 1 is 1.09 bits per heavy atom. The molecule has 0 unspecified atom stereocenters. The van der Waals surface area contributed by atoms with E-state index in [4.69, 9.17) is 12.2 Å². The highest BCUT2D eigenvalue weighted by molar-refractivity contribution is 7.80. The largest absolute Gasteiger partial charge is 0.385 e. The molecule has 5 nitrogen and oxygen atoms in total. The highest BCUT2D eigenvalue weighted by atomic mass is 32.1. The number of aryl methyl sites for hydroxylation is 1. The first-order valence-electron chi connectivity index (χ1n) is 11.4. The Morgan fingerprint density at radius 2 is 1.84 bits per heavy atom. The number of thiocarbonyl (C=S) groups is 1. The van der Waals surface area contributed by atoms with Gasteiger partial charge in [0.05, 0.1) is 17.8 Å². The van der Waals surface area contributed by atoms with Crippen LogP contribution in [-0.4, -0.2) is 32.7 Å². The molecule has 0 bridgehead atoms. The highest BCUT2D eigenvalue weighted by Crippen LogP contribution is 2.41. The average molecular weight is 448 g/mol. The molecule has 0 amide bonds. The Kier molecular flexibility index (Phi) is 6.80. The highest BCUT2D eigenvalue weighted by Gasteiger charge is 2.41. The van der Waals surface area contributed by atoms with E-state index in [2.05, 4.69) is 89.2 Å². The van der Waals surface area contributed by atoms with Crippen LogP contribution in [0.2, 0.25) is 0 Å². The predicted octanol–water partition coefficient (Wildman–Crippen LogP) is 5.56. The Hall–Kier alpha value is -2.86. The fraction of sp³-hybridized carbons (Fsp3) is 0.385. The summed E-state index contributed by atoms with van der Waals surface area (Å²) >= 11 is 5.83. The van der Waals surface area contributed by atoms with Crippen molar-refractivity contribution in [3.63, 3.8) is 0 Å². The van der Waals surface area contributed by atoms with Gasteiger partial charge in [0.25, 0.3) is 0 Å². The second kappa shape index (κ2) is 9.74. The molecular formula is C26H33N5S. The number of aromatic nitrogens is 2. The van der Waals surface area contributed by atoms with Gasteiger partial charge in [-0.2, -0.15) is 0 Å². The maximum atomic E-state index is 5.83. The normalized spacial score (nSPS) is 18.3. The zero-order valence-corrected chi connectivity index (χ0v) is 20.2. The Morgan fingerprint density at radius 3 is 2.50 bits per heavy atom. The summed E-state index contributed by atoms with van der Waals surface area (Å²) in [5.74, 6) is 0. The van der Waals surface area contributed by atoms with Gasteiger partial charge in [0.1, 0.15) is 0 Å². The number of benzene rings is 1. The molecular weight excluding hydrogens is 414 g/mol. The molecule has 6 heteroatoms. The van der Waals surface area contributed by atoms with Crippen LogP contribution in [-0.2, 0) is 0 Å². The van der Waals surface area contributed by atoms with Crippen molar-refractivity contribution in [1.29, 1.82) is 0 Å². The Labute approximate surface area is 196 Å². The van der Waals surface area contributed by atoms with Gasteiger partial charge in [0.2, 0.25) is 0 Å². The van der Waals surface area contributed by atoms with Crippen LogP contribution in [0.15, 0.2) is 60.8 Å². The number of nitrogens with one attached hydrogen (secondary N) is 2. The third-order valence-electron chi connectivity index (χ3n) is 6.24. The number of anilines is 1. The summed E-state index contributed by atoms with van der Waals surface area (Å²) in [4.78, 5) is 7.02. The lowest BCUT2D eigenvalue weighted by molar-refractivity contribution is 0.314. The van der Waals surface area contributed by atoms with Crippen molar-refractivity contribution in [3.8, 4) is 0 Å². The van der Waals surface area contributed by atoms with Crippen molar-refractivity contribution in [2.24, 2.45) is 0 Å². The fourth-order valence-corrected chi connectivity index (χ4v) is 5.25. The van der Waals surface area contributed by atoms with Crippen LogP contribution in [0.4, 0.5) is 5.69 Å². The third-order valence-corrected chi connectivity index (χ3v) is 6.59. The monoisotopic (exact) mass is 447 g/mol. The van der Waals surface area contributed by atoms with Crippen LogP contribution in [0.5, 0.6) is 0 Å². The first kappa shape index (κ1) is 22.3. The molecule has 2 atom stereocenters. The smallest absolute Gasteiger partial charge is 0.170 e. The van der Waals surface area contributed by atoms with Crippen molar-refractivity contribution in [2.75, 3.05) is 18.4 Å². The summed E-state index contributed by atoms with van der Waals surface area (Å²) in [7, 11) is 0. The van der Waals surface area contributed by atoms with Crippen LogP contribution in [0.1, 0.15) is 61.0 Å². The number of hydrogen-bond donors (Lipinski definition) is 2. The van der Waals surface area contributed by atoms with Crippen LogP contribution < -0.4 is 10.6 Å². The fourth-order valence-electron chi connectivity index (χ4n) is 4.92. The topological polar surface area (TPSA) is 45.1 Å². The number of para-hydroxylation sites is 1. The number of nitrogens with zero attached hydrogens (tertiary/aromatic N) is 3. The molecule has 32 heavy (non-hydrogen) atoms. The SMILES string of the molecule is Cc1cc([C@H]2[C@@H](c3ccccn3)NC(=S)N2CCCNc2ccccc2)c(C)n1C(C)C. The minimum atomic E-state index is 0.0342. The molecule has 0 aliphatic carbocycles. The Balaban J connectivity index is 1.59. The molecule has 4 rings (SSSR count). The van der Waals surface area contributed by atoms with E-state index >= 15 is 0 Å². The third kappa shape index (κ3) is 4.51. The van der Waals surface area contributed by atoms with Crippen LogP contribution >= 0.6 is 12.2 Å². The van der Waals surface area contributed by atoms with E-state index in [0.29, 0.717) is 6.04 Å². The molecule has 3 aromatic rings. The quantitative estimate of drug-likeness (QED) is 0.350. The van der Waals surface area contributed by atoms with Gasteiger partial charge in [0.15, 0.2) is 5.11 Å². The van der Waals surface area contributed by atoms with Crippen molar-refractivity contribution >= 4 is 23.0 Å². The van der Waals surface area contributed by atoms with Gasteiger partial charge in [-0.05, 0) is 82.2 Å². The lowest BCUT2D eigenvalue weighted by atomic mass is 9.96. The zero-order chi connectivity index (χ0) is 22.7. The van der Waals surface area contributed by atoms with Crippen LogP contribution in [0.25, 0.3) is 0 Å². The lowest BCUT2D eigenvalue weighted by Gasteiger charge is -2.28. The zero-order valence-electron chi connectivity index (χ0n) is 19.4. The maximum absolute atomic E-state index is 5.83. The van der Waals surface area contributed by atoms with Gasteiger partial charge in [-0.25, -0.2) is 0 Å². The molecule has 1 aromatic carbocycles. The number of hydrogen-bond acceptors (Lipinski definition) is 3.